The molecule has 0 radical (unpaired) electrons. The van der Waals surface area contributed by atoms with E-state index in [4.69, 9.17) is 14.5 Å². The minimum atomic E-state index is -0.973. The van der Waals surface area contributed by atoms with E-state index in [0.29, 0.717) is 12.4 Å². The van der Waals surface area contributed by atoms with Crippen LogP contribution in [0.5, 0.6) is 5.75 Å². The second-order valence-electron chi connectivity index (χ2n) is 3.46. The topological polar surface area (TPSA) is 55.8 Å². The van der Waals surface area contributed by atoms with Crippen molar-refractivity contribution in [2.24, 2.45) is 0 Å². The molecule has 1 heterocycles. The molecule has 16 heavy (non-hydrogen) atoms. The van der Waals surface area contributed by atoms with Gasteiger partial charge in [-0.15, -0.1) is 0 Å². The average Bonchev–Trinajstić information content (AvgIpc) is 2.58. The Morgan fingerprint density at radius 3 is 3.06 bits per heavy atom. The molecule has 1 aliphatic rings. The van der Waals surface area contributed by atoms with Gasteiger partial charge in [-0.2, -0.15) is 0 Å². The third-order valence-corrected chi connectivity index (χ3v) is 2.40. The van der Waals surface area contributed by atoms with Crippen LogP contribution in [0.3, 0.4) is 0 Å². The monoisotopic (exact) mass is 473 g/mol. The molecule has 1 aliphatic heterocycles. The van der Waals surface area contributed by atoms with E-state index in [0.717, 1.165) is 11.0 Å². The molecule has 0 unspecified atom stereocenters. The van der Waals surface area contributed by atoms with Crippen LogP contribution in [0, 0.1) is 0 Å². The van der Waals surface area contributed by atoms with Crippen molar-refractivity contribution < 1.29 is 19.3 Å². The van der Waals surface area contributed by atoms with E-state index in [1.807, 2.05) is 19.0 Å². The van der Waals surface area contributed by atoms with Gasteiger partial charge >= 0.3 is 12.9 Å². The van der Waals surface area contributed by atoms with Gasteiger partial charge in [0, 0.05) is 0 Å². The first-order chi connectivity index (χ1) is 7.18. The minimum absolute atomic E-state index is 0. The van der Waals surface area contributed by atoms with Crippen molar-refractivity contribution in [1.29, 1.82) is 0 Å². The molecular weight excluding hydrogens is 462 g/mol. The van der Waals surface area contributed by atoms with Gasteiger partial charge in [-0.3, -0.25) is 0 Å². The number of fused-ring (bicyclic) bond motifs is 1. The predicted molar refractivity (Wildman–Crippen MR) is 55.6 cm³/mol. The summed E-state index contributed by atoms with van der Waals surface area (Å²) in [5, 5.41) is 8.53. The fourth-order valence-electron chi connectivity index (χ4n) is 1.74. The number of aliphatic carboxylic acids is 1. The molecular formula is C10H11BO4Rf. The number of hydrogen-bond donors (Lipinski definition) is 1. The molecule has 0 spiro atoms. The molecule has 0 bridgehead atoms. The van der Waals surface area contributed by atoms with Crippen molar-refractivity contribution in [1.82, 2.24) is 0 Å². The fraction of sp³-hybridized carbons (Fsp3) is 0.300. The van der Waals surface area contributed by atoms with Crippen LogP contribution in [0.1, 0.15) is 5.56 Å². The van der Waals surface area contributed by atoms with Crippen molar-refractivity contribution in [2.75, 3.05) is 6.61 Å². The zero-order valence-corrected chi connectivity index (χ0v) is 15.5. The number of carbonyl (C=O) groups is 1. The molecule has 6 heteroatoms. The Labute approximate surface area is 87.9 Å². The van der Waals surface area contributed by atoms with Crippen LogP contribution in [0.15, 0.2) is 18.2 Å². The molecule has 1 N–H and O–H groups in total. The zero-order chi connectivity index (χ0) is 10.8. The Balaban J connectivity index is 0.00000128. The summed E-state index contributed by atoms with van der Waals surface area (Å²) < 4.78 is 10.6. The normalized spacial score (nSPS) is 12.9. The van der Waals surface area contributed by atoms with Crippen molar-refractivity contribution in [3.8, 4) is 5.75 Å². The molecule has 0 aliphatic carbocycles. The van der Waals surface area contributed by atoms with Crippen molar-refractivity contribution in [2.45, 2.75) is 13.4 Å². The fourth-order valence-corrected chi connectivity index (χ4v) is 1.74. The second kappa shape index (κ2) is 4.36. The second-order valence-corrected chi connectivity index (χ2v) is 3.46. The predicted octanol–water partition coefficient (Wildman–Crippen LogP) is 0.508. The van der Waals surface area contributed by atoms with E-state index in [9.17, 15) is 4.79 Å². The Kier molecular flexibility index (Phi) is 3.16. The molecule has 0 saturated carbocycles. The Hall–Kier alpha value is -2.49. The maximum atomic E-state index is 10.4. The quantitative estimate of drug-likeness (QED) is 0.651. The van der Waals surface area contributed by atoms with Crippen molar-refractivity contribution in [3.05, 3.63) is 23.8 Å². The maximum Gasteiger partial charge on any atom is 0.341 e. The summed E-state index contributed by atoms with van der Waals surface area (Å²) in [5.74, 6) is -0.362. The summed E-state index contributed by atoms with van der Waals surface area (Å²) in [6, 6.07) is 5.58. The summed E-state index contributed by atoms with van der Waals surface area (Å²) >= 11 is 0. The number of hydrogen-bond acceptors (Lipinski definition) is 3. The van der Waals surface area contributed by atoms with Gasteiger partial charge in [-0.05, 0) is 17.1 Å². The first kappa shape index (κ1) is 11.6. The van der Waals surface area contributed by atoms with E-state index in [1.165, 1.54) is 0 Å². The van der Waals surface area contributed by atoms with Crippen LogP contribution in [0.25, 0.3) is 0 Å². The van der Waals surface area contributed by atoms with Crippen LogP contribution >= 0.6 is 0 Å². The molecule has 0 atom stereocenters. The zero-order valence-electron chi connectivity index (χ0n) is 9.10. The Morgan fingerprint density at radius 2 is 2.38 bits per heavy atom. The molecule has 0 fully saturated rings. The molecule has 0 saturated heterocycles. The first-order valence-electron chi connectivity index (χ1n) is 4.76. The van der Waals surface area contributed by atoms with E-state index in [-0.39, 0.29) is 13.5 Å². The van der Waals surface area contributed by atoms with Gasteiger partial charge in [0.05, 0.1) is 6.61 Å². The van der Waals surface area contributed by atoms with Crippen molar-refractivity contribution in [3.63, 3.8) is 0 Å². The van der Waals surface area contributed by atoms with Gasteiger partial charge in [-0.1, -0.05) is 19.0 Å². The maximum absolute atomic E-state index is 10.4. The standard InChI is InChI=1S/C10H11BO4.Rf/c1-11-10-7(5-15-11)3-2-4-8(10)14-6-9(12)13;/h2-4H,5-6H2,1H3,(H,12,13);. The smallest absolute Gasteiger partial charge is 0.341 e. The average molecular weight is 473 g/mol. The van der Waals surface area contributed by atoms with Gasteiger partial charge in [0.2, 0.25) is 0 Å². The number of rotatable bonds is 3. The largest absolute Gasteiger partial charge is 0.482 e. The molecule has 1 aromatic carbocycles. The van der Waals surface area contributed by atoms with Gasteiger partial charge in [0.1, 0.15) is 5.75 Å². The summed E-state index contributed by atoms with van der Waals surface area (Å²) in [4.78, 5) is 10.4. The molecule has 4 nitrogen and oxygen atoms in total. The minimum Gasteiger partial charge on any atom is -0.482 e. The van der Waals surface area contributed by atoms with E-state index >= 15 is 0 Å². The molecule has 1 aromatic rings. The van der Waals surface area contributed by atoms with E-state index in [1.54, 1.807) is 6.07 Å². The summed E-state index contributed by atoms with van der Waals surface area (Å²) in [5.41, 5.74) is 2.05. The summed E-state index contributed by atoms with van der Waals surface area (Å²) in [6.45, 7) is 2.16. The van der Waals surface area contributed by atoms with Crippen LogP contribution in [-0.2, 0) is 16.1 Å². The van der Waals surface area contributed by atoms with Gasteiger partial charge in [0.25, 0.3) is 0 Å². The van der Waals surface area contributed by atoms with E-state index < -0.39 is 5.97 Å². The van der Waals surface area contributed by atoms with E-state index in [2.05, 4.69) is 0 Å². The van der Waals surface area contributed by atoms with Gasteiger partial charge in [-0.25, -0.2) is 4.79 Å². The summed E-state index contributed by atoms with van der Waals surface area (Å²) in [7, 11) is 0. The number of carboxylic acid groups (broad SMARTS) is 1. The summed E-state index contributed by atoms with van der Waals surface area (Å²) in [6.07, 6.45) is 0. The first-order valence-corrected chi connectivity index (χ1v) is 4.76. The molecule has 0 amide bonds. The van der Waals surface area contributed by atoms with Crippen LogP contribution in [0.4, 0.5) is 0 Å². The molecule has 80 valence electrons. The third kappa shape index (κ3) is 1.96. The van der Waals surface area contributed by atoms with Crippen LogP contribution < -0.4 is 10.2 Å². The number of carboxylic acids is 1. The number of benzene rings is 1. The van der Waals surface area contributed by atoms with Crippen LogP contribution in [-0.4, -0.2) is 24.6 Å². The molecule has 0 aromatic heterocycles. The molecule has 2 rings (SSSR count). The third-order valence-electron chi connectivity index (χ3n) is 2.40. The number of ether oxygens (including phenoxy) is 1. The Morgan fingerprint density at radius 1 is 1.62 bits per heavy atom. The Bertz CT molecular complexity index is 396. The van der Waals surface area contributed by atoms with Gasteiger partial charge < -0.3 is 14.5 Å². The SMILES string of the molecule is CB1OCc2cccc(OCC(=O)O)c21.[Rf]. The van der Waals surface area contributed by atoms with Gasteiger partial charge in [0.15, 0.2) is 6.61 Å². The van der Waals surface area contributed by atoms with Crippen molar-refractivity contribution >= 4 is 18.3 Å². The van der Waals surface area contributed by atoms with Crippen LogP contribution in [0.2, 0.25) is 6.82 Å².